The summed E-state index contributed by atoms with van der Waals surface area (Å²) in [6, 6.07) is 0. The maximum atomic E-state index is 11.0. The maximum Gasteiger partial charge on any atom is 0.231 e. The van der Waals surface area contributed by atoms with Crippen LogP contribution in [-0.4, -0.2) is 17.0 Å². The second-order valence-electron chi connectivity index (χ2n) is 3.45. The Morgan fingerprint density at radius 2 is 2.08 bits per heavy atom. The third-order valence-corrected chi connectivity index (χ3v) is 2.46. The highest BCUT2D eigenvalue weighted by molar-refractivity contribution is 6.07. The molecule has 12 heavy (non-hydrogen) atoms. The molecule has 1 saturated carbocycles. The van der Waals surface area contributed by atoms with Gasteiger partial charge in [0.2, 0.25) is 5.91 Å². The Morgan fingerprint density at radius 3 is 2.33 bits per heavy atom. The largest absolute Gasteiger partial charge is 0.409 e. The lowest BCUT2D eigenvalue weighted by Gasteiger charge is -2.42. The predicted octanol–water partition coefficient (Wildman–Crippen LogP) is -0.366. The van der Waals surface area contributed by atoms with Crippen LogP contribution < -0.4 is 11.5 Å². The van der Waals surface area contributed by atoms with Gasteiger partial charge < -0.3 is 16.7 Å². The Bertz CT molecular complexity index is 231. The van der Waals surface area contributed by atoms with Gasteiger partial charge in [-0.25, -0.2) is 0 Å². The fraction of sp³-hybridized carbons (Fsp3) is 0.714. The van der Waals surface area contributed by atoms with Crippen LogP contribution in [0.15, 0.2) is 5.16 Å². The summed E-state index contributed by atoms with van der Waals surface area (Å²) in [5.74, 6) is -0.151. The molecule has 0 radical (unpaired) electrons. The number of hydrogen-bond donors (Lipinski definition) is 3. The minimum absolute atomic E-state index is 0.0619. The Balaban J connectivity index is 2.84. The van der Waals surface area contributed by atoms with Gasteiger partial charge >= 0.3 is 0 Å². The molecule has 0 aromatic heterocycles. The van der Waals surface area contributed by atoms with Crippen molar-refractivity contribution in [3.05, 3.63) is 0 Å². The van der Waals surface area contributed by atoms with Gasteiger partial charge in [-0.1, -0.05) is 12.1 Å². The number of carbonyl (C=O) groups excluding carboxylic acids is 1. The van der Waals surface area contributed by atoms with E-state index in [0.29, 0.717) is 18.8 Å². The number of oxime groups is 1. The number of rotatable bonds is 2. The summed E-state index contributed by atoms with van der Waals surface area (Å²) < 4.78 is 0. The first-order chi connectivity index (χ1) is 5.53. The predicted molar refractivity (Wildman–Crippen MR) is 43.4 cm³/mol. The first-order valence-electron chi connectivity index (χ1n) is 3.81. The molecule has 0 aliphatic heterocycles. The summed E-state index contributed by atoms with van der Waals surface area (Å²) in [7, 11) is 0. The average Bonchev–Trinajstić information content (AvgIpc) is 1.96. The van der Waals surface area contributed by atoms with E-state index in [1.165, 1.54) is 0 Å². The molecule has 0 aromatic carbocycles. The van der Waals surface area contributed by atoms with Crippen LogP contribution in [0.1, 0.15) is 19.8 Å². The molecule has 0 atom stereocenters. The zero-order valence-corrected chi connectivity index (χ0v) is 6.95. The molecular formula is C7H13N3O2. The third-order valence-electron chi connectivity index (χ3n) is 2.46. The molecule has 5 nitrogen and oxygen atoms in total. The normalized spacial score (nSPS) is 35.8. The first kappa shape index (κ1) is 8.83. The molecule has 1 aliphatic rings. The van der Waals surface area contributed by atoms with Gasteiger partial charge in [0.1, 0.15) is 5.41 Å². The topological polar surface area (TPSA) is 102 Å². The summed E-state index contributed by atoms with van der Waals surface area (Å²) in [5.41, 5.74) is 9.66. The van der Waals surface area contributed by atoms with Gasteiger partial charge in [0.05, 0.1) is 0 Å². The molecule has 0 heterocycles. The number of carbonyl (C=O) groups is 1. The van der Waals surface area contributed by atoms with E-state index in [-0.39, 0.29) is 5.84 Å². The maximum absolute atomic E-state index is 11.0. The molecular weight excluding hydrogens is 158 g/mol. The van der Waals surface area contributed by atoms with E-state index >= 15 is 0 Å². The summed E-state index contributed by atoms with van der Waals surface area (Å²) in [6.07, 6.45) is 1.16. The van der Waals surface area contributed by atoms with E-state index in [4.69, 9.17) is 16.7 Å². The van der Waals surface area contributed by atoms with Crippen molar-refractivity contribution in [2.24, 2.45) is 28.0 Å². The highest BCUT2D eigenvalue weighted by Gasteiger charge is 2.50. The standard InChI is InChI=1S/C7H13N3O2/c1-4-2-7(3-4,6(9)11)5(8)10-12/h4,12H,2-3H2,1H3,(H2,8,10)(H2,9,11). The van der Waals surface area contributed by atoms with Crippen LogP contribution in [0.4, 0.5) is 0 Å². The van der Waals surface area contributed by atoms with E-state index < -0.39 is 11.3 Å². The van der Waals surface area contributed by atoms with Crippen LogP contribution in [-0.2, 0) is 4.79 Å². The van der Waals surface area contributed by atoms with E-state index in [1.54, 1.807) is 0 Å². The highest BCUT2D eigenvalue weighted by Crippen LogP contribution is 2.45. The lowest BCUT2D eigenvalue weighted by Crippen LogP contribution is -2.55. The molecule has 1 amide bonds. The molecule has 1 fully saturated rings. The second kappa shape index (κ2) is 2.66. The van der Waals surface area contributed by atoms with Crippen LogP contribution in [0, 0.1) is 11.3 Å². The molecule has 0 bridgehead atoms. The number of amidine groups is 1. The molecule has 5 heteroatoms. The Kier molecular flexibility index (Phi) is 1.95. The van der Waals surface area contributed by atoms with Crippen molar-refractivity contribution in [3.8, 4) is 0 Å². The summed E-state index contributed by atoms with van der Waals surface area (Å²) in [5, 5.41) is 11.3. The van der Waals surface area contributed by atoms with Gasteiger partial charge in [0.25, 0.3) is 0 Å². The molecule has 5 N–H and O–H groups in total. The number of amides is 1. The molecule has 0 unspecified atom stereocenters. The van der Waals surface area contributed by atoms with Crippen molar-refractivity contribution in [1.29, 1.82) is 0 Å². The van der Waals surface area contributed by atoms with Crippen LogP contribution in [0.2, 0.25) is 0 Å². The van der Waals surface area contributed by atoms with Gasteiger partial charge in [-0.3, -0.25) is 4.79 Å². The smallest absolute Gasteiger partial charge is 0.231 e. The zero-order chi connectivity index (χ0) is 9.35. The van der Waals surface area contributed by atoms with E-state index in [2.05, 4.69) is 5.16 Å². The molecule has 68 valence electrons. The van der Waals surface area contributed by atoms with Crippen molar-refractivity contribution < 1.29 is 10.0 Å². The molecule has 1 rings (SSSR count). The second-order valence-corrected chi connectivity index (χ2v) is 3.45. The minimum atomic E-state index is -0.881. The Hall–Kier alpha value is -1.26. The molecule has 1 aliphatic carbocycles. The summed E-state index contributed by atoms with van der Waals surface area (Å²) in [6.45, 7) is 1.99. The van der Waals surface area contributed by atoms with Gasteiger partial charge in [0.15, 0.2) is 5.84 Å². The van der Waals surface area contributed by atoms with Gasteiger partial charge in [-0.05, 0) is 18.8 Å². The summed E-state index contributed by atoms with van der Waals surface area (Å²) in [4.78, 5) is 11.0. The van der Waals surface area contributed by atoms with E-state index in [9.17, 15) is 4.79 Å². The molecule has 0 spiro atoms. The number of nitrogens with zero attached hydrogens (tertiary/aromatic N) is 1. The lowest BCUT2D eigenvalue weighted by atomic mass is 9.61. The fourth-order valence-corrected chi connectivity index (χ4v) is 1.76. The lowest BCUT2D eigenvalue weighted by molar-refractivity contribution is -0.129. The quantitative estimate of drug-likeness (QED) is 0.229. The number of hydrogen-bond acceptors (Lipinski definition) is 3. The minimum Gasteiger partial charge on any atom is -0.409 e. The van der Waals surface area contributed by atoms with Crippen LogP contribution >= 0.6 is 0 Å². The average molecular weight is 171 g/mol. The fourth-order valence-electron chi connectivity index (χ4n) is 1.76. The monoisotopic (exact) mass is 171 g/mol. The number of nitrogens with two attached hydrogens (primary N) is 2. The molecule has 0 saturated heterocycles. The van der Waals surface area contributed by atoms with Gasteiger partial charge in [-0.2, -0.15) is 0 Å². The van der Waals surface area contributed by atoms with Crippen LogP contribution in [0.3, 0.4) is 0 Å². The Morgan fingerprint density at radius 1 is 1.58 bits per heavy atom. The van der Waals surface area contributed by atoms with Gasteiger partial charge in [-0.15, -0.1) is 0 Å². The Labute approximate surface area is 70.4 Å². The van der Waals surface area contributed by atoms with Crippen LogP contribution in [0.25, 0.3) is 0 Å². The molecule has 0 aromatic rings. The zero-order valence-electron chi connectivity index (χ0n) is 6.95. The van der Waals surface area contributed by atoms with Crippen LogP contribution in [0.5, 0.6) is 0 Å². The summed E-state index contributed by atoms with van der Waals surface area (Å²) >= 11 is 0. The van der Waals surface area contributed by atoms with Crippen molar-refractivity contribution in [3.63, 3.8) is 0 Å². The SMILES string of the molecule is CC1CC(C(N)=O)(/C(N)=N/O)C1. The van der Waals surface area contributed by atoms with Crippen molar-refractivity contribution >= 4 is 11.7 Å². The third kappa shape index (κ3) is 1.01. The van der Waals surface area contributed by atoms with E-state index in [0.717, 1.165) is 0 Å². The van der Waals surface area contributed by atoms with E-state index in [1.807, 2.05) is 6.92 Å². The van der Waals surface area contributed by atoms with Crippen molar-refractivity contribution in [2.45, 2.75) is 19.8 Å². The van der Waals surface area contributed by atoms with Crippen molar-refractivity contribution in [2.75, 3.05) is 0 Å². The number of primary amides is 1. The van der Waals surface area contributed by atoms with Crippen molar-refractivity contribution in [1.82, 2.24) is 0 Å². The highest BCUT2D eigenvalue weighted by atomic mass is 16.4. The first-order valence-corrected chi connectivity index (χ1v) is 3.81. The van der Waals surface area contributed by atoms with Gasteiger partial charge in [0, 0.05) is 0 Å².